The number of likely N-dealkylation sites (tertiary alicyclic amines) is 1. The lowest BCUT2D eigenvalue weighted by atomic mass is 10.1. The Morgan fingerprint density at radius 3 is 2.82 bits per heavy atom. The van der Waals surface area contributed by atoms with Gasteiger partial charge >= 0.3 is 0 Å². The zero-order chi connectivity index (χ0) is 27.1. The van der Waals surface area contributed by atoms with E-state index in [1.807, 2.05) is 29.2 Å². The molecule has 0 aromatic heterocycles. The molecule has 2 aromatic carbocycles. The predicted molar refractivity (Wildman–Crippen MR) is 152 cm³/mol. The summed E-state index contributed by atoms with van der Waals surface area (Å²) in [4.78, 5) is 31.3. The fourth-order valence-corrected chi connectivity index (χ4v) is 4.98. The molecule has 2 heterocycles. The average molecular weight is 538 g/mol. The van der Waals surface area contributed by atoms with Crippen molar-refractivity contribution in [3.8, 4) is 5.75 Å². The Hall–Kier alpha value is -2.94. The van der Waals surface area contributed by atoms with Gasteiger partial charge in [0.15, 0.2) is 6.29 Å². The lowest BCUT2D eigenvalue weighted by Crippen LogP contribution is -2.32. The summed E-state index contributed by atoms with van der Waals surface area (Å²) >= 11 is 0. The second-order valence-corrected chi connectivity index (χ2v) is 10.3. The molecule has 0 aliphatic carbocycles. The van der Waals surface area contributed by atoms with Crippen molar-refractivity contribution >= 4 is 22.6 Å². The second kappa shape index (κ2) is 16.2. The highest BCUT2D eigenvalue weighted by Crippen LogP contribution is 2.25. The number of hydrogen-bond donors (Lipinski definition) is 2. The van der Waals surface area contributed by atoms with Crippen LogP contribution in [0.25, 0.3) is 10.8 Å². The minimum Gasteiger partial charge on any atom is -0.489 e. The van der Waals surface area contributed by atoms with E-state index in [9.17, 15) is 9.59 Å². The Labute approximate surface area is 232 Å². The molecule has 0 saturated carbocycles. The summed E-state index contributed by atoms with van der Waals surface area (Å²) in [7, 11) is 0. The summed E-state index contributed by atoms with van der Waals surface area (Å²) in [5.41, 5.74) is 3.72. The van der Waals surface area contributed by atoms with E-state index in [0.29, 0.717) is 26.1 Å². The molecule has 8 nitrogen and oxygen atoms in total. The van der Waals surface area contributed by atoms with E-state index >= 15 is 0 Å². The molecule has 1 unspecified atom stereocenters. The molecule has 2 amide bonds. The van der Waals surface area contributed by atoms with Gasteiger partial charge in [-0.1, -0.05) is 42.5 Å². The van der Waals surface area contributed by atoms with Crippen molar-refractivity contribution in [3.63, 3.8) is 0 Å². The third-order valence-electron chi connectivity index (χ3n) is 7.20. The Bertz CT molecular complexity index is 1080. The van der Waals surface area contributed by atoms with Gasteiger partial charge in [0.2, 0.25) is 11.8 Å². The van der Waals surface area contributed by atoms with E-state index in [4.69, 9.17) is 14.3 Å². The number of rotatable bonds is 16. The molecule has 2 aromatic rings. The van der Waals surface area contributed by atoms with Gasteiger partial charge < -0.3 is 19.7 Å². The maximum atomic E-state index is 12.1. The summed E-state index contributed by atoms with van der Waals surface area (Å²) in [6, 6.07) is 14.4. The smallest absolute Gasteiger partial charge is 0.243 e. The molecule has 1 atom stereocenters. The van der Waals surface area contributed by atoms with Crippen LogP contribution in [-0.4, -0.2) is 62.4 Å². The first-order valence-corrected chi connectivity index (χ1v) is 14.5. The number of amides is 2. The number of hydroxylamine groups is 1. The summed E-state index contributed by atoms with van der Waals surface area (Å²) in [6.07, 6.45) is 10.4. The monoisotopic (exact) mass is 537 g/mol. The molecule has 0 spiro atoms. The number of carbonyl (C=O) groups excluding carboxylic acids is 2. The number of carbonyl (C=O) groups is 2. The number of ether oxygens (including phenoxy) is 2. The Morgan fingerprint density at radius 1 is 1.08 bits per heavy atom. The van der Waals surface area contributed by atoms with Crippen LogP contribution in [0.1, 0.15) is 64.2 Å². The topological polar surface area (TPSA) is 89.1 Å². The molecule has 2 fully saturated rings. The molecule has 2 N–H and O–H groups in total. The number of fused-ring (bicyclic) bond motifs is 1. The Morgan fingerprint density at radius 2 is 1.97 bits per heavy atom. The van der Waals surface area contributed by atoms with Crippen molar-refractivity contribution in [1.82, 2.24) is 15.7 Å². The molecule has 212 valence electrons. The van der Waals surface area contributed by atoms with Gasteiger partial charge in [-0.05, 0) is 68.5 Å². The maximum absolute atomic E-state index is 12.1. The Kier molecular flexibility index (Phi) is 12.1. The van der Waals surface area contributed by atoms with E-state index in [2.05, 4.69) is 35.1 Å². The first-order chi connectivity index (χ1) is 19.2. The van der Waals surface area contributed by atoms with Gasteiger partial charge in [-0.2, -0.15) is 0 Å². The van der Waals surface area contributed by atoms with Crippen LogP contribution in [0.2, 0.25) is 0 Å². The van der Waals surface area contributed by atoms with Crippen LogP contribution in [0.3, 0.4) is 0 Å². The number of benzene rings is 2. The first-order valence-electron chi connectivity index (χ1n) is 14.5. The van der Waals surface area contributed by atoms with Crippen LogP contribution in [-0.2, 0) is 19.2 Å². The normalized spacial score (nSPS) is 18.1. The molecule has 4 rings (SSSR count). The van der Waals surface area contributed by atoms with Gasteiger partial charge in [-0.15, -0.1) is 0 Å². The van der Waals surface area contributed by atoms with Crippen molar-refractivity contribution in [2.24, 2.45) is 0 Å². The van der Waals surface area contributed by atoms with Gasteiger partial charge in [0, 0.05) is 50.9 Å². The van der Waals surface area contributed by atoms with Crippen LogP contribution >= 0.6 is 0 Å². The number of hydrogen-bond acceptors (Lipinski definition) is 6. The Balaban J connectivity index is 1.21. The third kappa shape index (κ3) is 9.95. The fraction of sp³-hybridized carbons (Fsp3) is 0.548. The largest absolute Gasteiger partial charge is 0.489 e. The number of allylic oxidation sites excluding steroid dienone is 1. The summed E-state index contributed by atoms with van der Waals surface area (Å²) in [6.45, 7) is 4.47. The highest BCUT2D eigenvalue weighted by Gasteiger charge is 2.19. The van der Waals surface area contributed by atoms with Crippen LogP contribution < -0.4 is 15.5 Å². The molecule has 39 heavy (non-hydrogen) atoms. The fourth-order valence-electron chi connectivity index (χ4n) is 4.98. The second-order valence-electron chi connectivity index (χ2n) is 10.3. The number of nitrogens with zero attached hydrogens (tertiary/aromatic N) is 1. The molecule has 0 bridgehead atoms. The zero-order valence-corrected chi connectivity index (χ0v) is 23.0. The van der Waals surface area contributed by atoms with Crippen LogP contribution in [0, 0.1) is 0 Å². The summed E-state index contributed by atoms with van der Waals surface area (Å²) in [5, 5.41) is 5.79. The predicted octanol–water partition coefficient (Wildman–Crippen LogP) is 4.88. The van der Waals surface area contributed by atoms with Crippen LogP contribution in [0.15, 0.2) is 54.1 Å². The van der Waals surface area contributed by atoms with Gasteiger partial charge in [0.25, 0.3) is 0 Å². The van der Waals surface area contributed by atoms with Gasteiger partial charge in [-0.3, -0.25) is 9.59 Å². The minimum absolute atomic E-state index is 0.106. The maximum Gasteiger partial charge on any atom is 0.243 e. The lowest BCUT2D eigenvalue weighted by molar-refractivity contribution is -0.200. The first kappa shape index (κ1) is 29.1. The lowest BCUT2D eigenvalue weighted by Gasteiger charge is -2.22. The van der Waals surface area contributed by atoms with Crippen molar-refractivity contribution in [1.29, 1.82) is 0 Å². The standard InChI is InChI=1S/C31H43N3O5/c35-29(33-39-31-18-6-7-22-37-31)16-3-1-2-11-25(23-32-19-10-21-34-20-9-17-30(34)36)24-38-28-15-8-13-26-12-4-5-14-27(26)28/h4-5,8,11-15,31-32H,1-3,6-7,9-10,16-24H2,(H,33,35). The molecule has 8 heteroatoms. The van der Waals surface area contributed by atoms with Crippen molar-refractivity contribution in [2.75, 3.05) is 39.4 Å². The van der Waals surface area contributed by atoms with Crippen molar-refractivity contribution in [2.45, 2.75) is 70.5 Å². The highest BCUT2D eigenvalue weighted by atomic mass is 16.8. The van der Waals surface area contributed by atoms with Gasteiger partial charge in [-0.25, -0.2) is 10.3 Å². The molecule has 2 aliphatic heterocycles. The van der Waals surface area contributed by atoms with E-state index < -0.39 is 0 Å². The van der Waals surface area contributed by atoms with Crippen LogP contribution in [0.5, 0.6) is 5.75 Å². The van der Waals surface area contributed by atoms with E-state index in [0.717, 1.165) is 94.1 Å². The van der Waals surface area contributed by atoms with E-state index in [1.165, 1.54) is 5.57 Å². The number of nitrogens with one attached hydrogen (secondary N) is 2. The van der Waals surface area contributed by atoms with E-state index in [-0.39, 0.29) is 18.1 Å². The molecule has 2 saturated heterocycles. The highest BCUT2D eigenvalue weighted by molar-refractivity contribution is 5.88. The van der Waals surface area contributed by atoms with E-state index in [1.54, 1.807) is 0 Å². The molecule has 0 radical (unpaired) electrons. The molecular weight excluding hydrogens is 494 g/mol. The molecular formula is C31H43N3O5. The van der Waals surface area contributed by atoms with Crippen LogP contribution in [0.4, 0.5) is 0 Å². The zero-order valence-electron chi connectivity index (χ0n) is 23.0. The quantitative estimate of drug-likeness (QED) is 0.180. The third-order valence-corrected chi connectivity index (χ3v) is 7.20. The van der Waals surface area contributed by atoms with Gasteiger partial charge in [0.05, 0.1) is 0 Å². The minimum atomic E-state index is -0.321. The number of unbranched alkanes of at least 4 members (excludes halogenated alkanes) is 2. The van der Waals surface area contributed by atoms with Crippen molar-refractivity contribution in [3.05, 3.63) is 54.1 Å². The van der Waals surface area contributed by atoms with Crippen molar-refractivity contribution < 1.29 is 23.9 Å². The SMILES string of the molecule is O=C(CCCCC=C(CNCCCN1CCCC1=O)COc1cccc2ccccc12)NOC1CCCCO1. The summed E-state index contributed by atoms with van der Waals surface area (Å²) in [5.74, 6) is 1.05. The average Bonchev–Trinajstić information content (AvgIpc) is 3.38. The summed E-state index contributed by atoms with van der Waals surface area (Å²) < 4.78 is 11.7. The van der Waals surface area contributed by atoms with Gasteiger partial charge in [0.1, 0.15) is 12.4 Å². The molecule has 2 aliphatic rings.